The summed E-state index contributed by atoms with van der Waals surface area (Å²) in [5.41, 5.74) is 0. The van der Waals surface area contributed by atoms with Gasteiger partial charge in [0, 0.05) is 6.04 Å². The van der Waals surface area contributed by atoms with E-state index in [4.69, 9.17) is 4.74 Å². The molecule has 0 saturated heterocycles. The van der Waals surface area contributed by atoms with E-state index in [1.807, 2.05) is 0 Å². The summed E-state index contributed by atoms with van der Waals surface area (Å²) in [7, 11) is 2.07. The van der Waals surface area contributed by atoms with Crippen LogP contribution in [0.3, 0.4) is 0 Å². The third kappa shape index (κ3) is 4.52. The highest BCUT2D eigenvalue weighted by Crippen LogP contribution is 2.26. The van der Waals surface area contributed by atoms with Gasteiger partial charge < -0.3 is 10.1 Å². The third-order valence-electron chi connectivity index (χ3n) is 3.72. The van der Waals surface area contributed by atoms with Gasteiger partial charge in [0.15, 0.2) is 0 Å². The van der Waals surface area contributed by atoms with Crippen molar-refractivity contribution in [1.29, 1.82) is 0 Å². The zero-order valence-corrected chi connectivity index (χ0v) is 10.6. The van der Waals surface area contributed by atoms with Crippen LogP contribution in [0.4, 0.5) is 0 Å². The van der Waals surface area contributed by atoms with Gasteiger partial charge in [-0.15, -0.1) is 0 Å². The van der Waals surface area contributed by atoms with Crippen LogP contribution in [0.15, 0.2) is 0 Å². The summed E-state index contributed by atoms with van der Waals surface area (Å²) in [5.74, 6) is 0.841. The second-order valence-corrected chi connectivity index (χ2v) is 4.85. The molecule has 0 aromatic carbocycles. The van der Waals surface area contributed by atoms with Crippen LogP contribution in [0, 0.1) is 5.92 Å². The van der Waals surface area contributed by atoms with E-state index >= 15 is 0 Å². The average molecular weight is 213 g/mol. The minimum absolute atomic E-state index is 0.407. The summed E-state index contributed by atoms with van der Waals surface area (Å²) >= 11 is 0. The van der Waals surface area contributed by atoms with Gasteiger partial charge in [-0.2, -0.15) is 0 Å². The second-order valence-electron chi connectivity index (χ2n) is 4.85. The molecule has 2 atom stereocenters. The first-order valence-corrected chi connectivity index (χ1v) is 6.56. The summed E-state index contributed by atoms with van der Waals surface area (Å²) in [4.78, 5) is 0. The molecule has 0 heterocycles. The molecule has 0 radical (unpaired) electrons. The summed E-state index contributed by atoms with van der Waals surface area (Å²) in [6.45, 7) is 5.23. The molecule has 0 bridgehead atoms. The fourth-order valence-corrected chi connectivity index (χ4v) is 2.38. The van der Waals surface area contributed by atoms with E-state index < -0.39 is 0 Å². The number of rotatable bonds is 6. The maximum Gasteiger partial charge on any atom is 0.0625 e. The van der Waals surface area contributed by atoms with Gasteiger partial charge in [0.1, 0.15) is 0 Å². The predicted molar refractivity (Wildman–Crippen MR) is 65.1 cm³/mol. The lowest BCUT2D eigenvalue weighted by molar-refractivity contribution is 0.0331. The largest absolute Gasteiger partial charge is 0.377 e. The Balaban J connectivity index is 2.27. The molecule has 0 amide bonds. The van der Waals surface area contributed by atoms with Crippen molar-refractivity contribution in [2.24, 2.45) is 5.92 Å². The molecule has 2 unspecified atom stereocenters. The summed E-state index contributed by atoms with van der Waals surface area (Å²) in [6.07, 6.45) is 8.54. The van der Waals surface area contributed by atoms with Gasteiger partial charge in [0.2, 0.25) is 0 Å². The molecule has 0 aromatic heterocycles. The van der Waals surface area contributed by atoms with E-state index in [-0.39, 0.29) is 0 Å². The third-order valence-corrected chi connectivity index (χ3v) is 3.72. The smallest absolute Gasteiger partial charge is 0.0625 e. The van der Waals surface area contributed by atoms with Gasteiger partial charge in [-0.25, -0.2) is 0 Å². The van der Waals surface area contributed by atoms with E-state index in [1.54, 1.807) is 0 Å². The Hall–Kier alpha value is -0.0800. The molecule has 2 heteroatoms. The molecule has 15 heavy (non-hydrogen) atoms. The molecular weight excluding hydrogens is 186 g/mol. The van der Waals surface area contributed by atoms with Crippen LogP contribution in [0.25, 0.3) is 0 Å². The molecule has 0 spiro atoms. The van der Waals surface area contributed by atoms with Crippen molar-refractivity contribution in [1.82, 2.24) is 5.32 Å². The number of hydrogen-bond acceptors (Lipinski definition) is 2. The highest BCUT2D eigenvalue weighted by Gasteiger charge is 2.22. The molecule has 0 aromatic rings. The van der Waals surface area contributed by atoms with Crippen LogP contribution < -0.4 is 5.32 Å². The number of ether oxygens (including phenoxy) is 1. The first kappa shape index (κ1) is 13.0. The van der Waals surface area contributed by atoms with Crippen molar-refractivity contribution in [3.8, 4) is 0 Å². The Bertz CT molecular complexity index is 155. The predicted octanol–water partition coefficient (Wildman–Crippen LogP) is 2.97. The van der Waals surface area contributed by atoms with E-state index in [0.717, 1.165) is 18.9 Å². The normalized spacial score (nSPS) is 22.6. The molecule has 2 nitrogen and oxygen atoms in total. The molecule has 1 fully saturated rings. The number of nitrogens with one attached hydrogen (secondary N) is 1. The molecule has 90 valence electrons. The van der Waals surface area contributed by atoms with Crippen LogP contribution in [0.1, 0.15) is 52.4 Å². The standard InChI is InChI=1S/C13H27NO/c1-4-11(2)15-10-13(14-3)12-8-6-5-7-9-12/h11-14H,4-10H2,1-3H3. The van der Waals surface area contributed by atoms with Gasteiger partial charge in [0.25, 0.3) is 0 Å². The molecular formula is C13H27NO. The number of likely N-dealkylation sites (N-methyl/N-ethyl adjacent to an activating group) is 1. The fourth-order valence-electron chi connectivity index (χ4n) is 2.38. The minimum atomic E-state index is 0.407. The van der Waals surface area contributed by atoms with E-state index in [2.05, 4.69) is 26.2 Å². The highest BCUT2D eigenvalue weighted by molar-refractivity contribution is 4.78. The summed E-state index contributed by atoms with van der Waals surface area (Å²) in [6, 6.07) is 0.569. The molecule has 0 aliphatic heterocycles. The monoisotopic (exact) mass is 213 g/mol. The van der Waals surface area contributed by atoms with Crippen molar-refractivity contribution in [3.05, 3.63) is 0 Å². The van der Waals surface area contributed by atoms with E-state index in [0.29, 0.717) is 12.1 Å². The first-order chi connectivity index (χ1) is 7.27. The fraction of sp³-hybridized carbons (Fsp3) is 1.00. The SMILES string of the molecule is CCC(C)OCC(NC)C1CCCCC1. The zero-order valence-electron chi connectivity index (χ0n) is 10.6. The van der Waals surface area contributed by atoms with Crippen molar-refractivity contribution in [2.45, 2.75) is 64.5 Å². The van der Waals surface area contributed by atoms with Crippen LogP contribution in [-0.4, -0.2) is 25.8 Å². The van der Waals surface area contributed by atoms with Gasteiger partial charge >= 0.3 is 0 Å². The molecule has 1 N–H and O–H groups in total. The van der Waals surface area contributed by atoms with Crippen molar-refractivity contribution < 1.29 is 4.74 Å². The maximum absolute atomic E-state index is 5.83. The topological polar surface area (TPSA) is 21.3 Å². The van der Waals surface area contributed by atoms with Gasteiger partial charge in [-0.3, -0.25) is 0 Å². The van der Waals surface area contributed by atoms with E-state index in [1.165, 1.54) is 32.1 Å². The van der Waals surface area contributed by atoms with Crippen LogP contribution >= 0.6 is 0 Å². The van der Waals surface area contributed by atoms with Gasteiger partial charge in [-0.05, 0) is 39.2 Å². The highest BCUT2D eigenvalue weighted by atomic mass is 16.5. The van der Waals surface area contributed by atoms with Crippen molar-refractivity contribution in [2.75, 3.05) is 13.7 Å². The Morgan fingerprint density at radius 1 is 1.27 bits per heavy atom. The Morgan fingerprint density at radius 3 is 2.47 bits per heavy atom. The Morgan fingerprint density at radius 2 is 1.93 bits per heavy atom. The lowest BCUT2D eigenvalue weighted by Crippen LogP contribution is -2.39. The average Bonchev–Trinajstić information content (AvgIpc) is 2.31. The molecule has 1 aliphatic carbocycles. The van der Waals surface area contributed by atoms with Crippen LogP contribution in [0.2, 0.25) is 0 Å². The van der Waals surface area contributed by atoms with Crippen LogP contribution in [-0.2, 0) is 4.74 Å². The van der Waals surface area contributed by atoms with Crippen LogP contribution in [0.5, 0.6) is 0 Å². The summed E-state index contributed by atoms with van der Waals surface area (Å²) in [5, 5.41) is 3.43. The molecule has 1 saturated carbocycles. The maximum atomic E-state index is 5.83. The molecule has 1 rings (SSSR count). The van der Waals surface area contributed by atoms with Crippen molar-refractivity contribution >= 4 is 0 Å². The van der Waals surface area contributed by atoms with E-state index in [9.17, 15) is 0 Å². The second kappa shape index (κ2) is 7.24. The minimum Gasteiger partial charge on any atom is -0.377 e. The molecule has 1 aliphatic rings. The lowest BCUT2D eigenvalue weighted by atomic mass is 9.84. The Kier molecular flexibility index (Phi) is 6.26. The Labute approximate surface area is 94.8 Å². The quantitative estimate of drug-likeness (QED) is 0.732. The van der Waals surface area contributed by atoms with Gasteiger partial charge in [0.05, 0.1) is 12.7 Å². The number of hydrogen-bond donors (Lipinski definition) is 1. The van der Waals surface area contributed by atoms with Gasteiger partial charge in [-0.1, -0.05) is 26.2 Å². The first-order valence-electron chi connectivity index (χ1n) is 6.56. The summed E-state index contributed by atoms with van der Waals surface area (Å²) < 4.78 is 5.83. The van der Waals surface area contributed by atoms with Crippen molar-refractivity contribution in [3.63, 3.8) is 0 Å². The lowest BCUT2D eigenvalue weighted by Gasteiger charge is -2.30. The zero-order chi connectivity index (χ0) is 11.1.